The lowest BCUT2D eigenvalue weighted by atomic mass is 9.87. The Morgan fingerprint density at radius 1 is 1.08 bits per heavy atom. The minimum absolute atomic E-state index is 0.106. The Morgan fingerprint density at radius 2 is 1.79 bits per heavy atom. The molecule has 1 aromatic rings. The van der Waals surface area contributed by atoms with E-state index < -0.39 is 0 Å². The highest BCUT2D eigenvalue weighted by Gasteiger charge is 2.17. The van der Waals surface area contributed by atoms with Crippen LogP contribution in [-0.2, 0) is 14.9 Å². The summed E-state index contributed by atoms with van der Waals surface area (Å²) in [6, 6.07) is 9.03. The van der Waals surface area contributed by atoms with E-state index in [1.165, 1.54) is 24.8 Å². The lowest BCUT2D eigenvalue weighted by molar-refractivity contribution is -0.140. The Bertz CT molecular complexity index is 519. The lowest BCUT2D eigenvalue weighted by Gasteiger charge is -2.25. The van der Waals surface area contributed by atoms with Crippen molar-refractivity contribution < 1.29 is 9.53 Å². The largest absolute Gasteiger partial charge is 0.469 e. The van der Waals surface area contributed by atoms with Gasteiger partial charge in [0.15, 0.2) is 0 Å². The molecule has 4 nitrogen and oxygen atoms in total. The molecule has 1 fully saturated rings. The molecule has 0 spiro atoms. The Morgan fingerprint density at radius 3 is 2.42 bits per heavy atom. The molecule has 1 heterocycles. The number of carbonyl (C=O) groups is 1. The first-order valence-corrected chi connectivity index (χ1v) is 9.05. The lowest BCUT2D eigenvalue weighted by Crippen LogP contribution is -2.31. The van der Waals surface area contributed by atoms with E-state index in [9.17, 15) is 4.79 Å². The van der Waals surface area contributed by atoms with Crippen LogP contribution in [-0.4, -0.2) is 50.7 Å². The van der Waals surface area contributed by atoms with Gasteiger partial charge < -0.3 is 14.5 Å². The molecule has 0 bridgehead atoms. The van der Waals surface area contributed by atoms with Gasteiger partial charge in [-0.15, -0.1) is 0 Å². The second kappa shape index (κ2) is 8.52. The van der Waals surface area contributed by atoms with Gasteiger partial charge in [0, 0.05) is 31.7 Å². The van der Waals surface area contributed by atoms with Crippen molar-refractivity contribution in [3.63, 3.8) is 0 Å². The fourth-order valence-electron chi connectivity index (χ4n) is 3.17. The molecule has 0 aromatic heterocycles. The van der Waals surface area contributed by atoms with E-state index in [2.05, 4.69) is 54.8 Å². The second-order valence-electron chi connectivity index (χ2n) is 7.66. The van der Waals surface area contributed by atoms with E-state index in [0.29, 0.717) is 6.42 Å². The zero-order chi connectivity index (χ0) is 17.6. The van der Waals surface area contributed by atoms with Gasteiger partial charge in [0.1, 0.15) is 0 Å². The van der Waals surface area contributed by atoms with Gasteiger partial charge in [-0.2, -0.15) is 0 Å². The number of methoxy groups -OCH3 is 1. The average molecular weight is 332 g/mol. The molecule has 1 aliphatic heterocycles. The molecule has 0 saturated carbocycles. The number of ether oxygens (including phenoxy) is 1. The Hall–Kier alpha value is -1.55. The van der Waals surface area contributed by atoms with Crippen LogP contribution in [0, 0.1) is 0 Å². The number of carbonyl (C=O) groups excluding carboxylic acids is 1. The SMILES string of the molecule is COC(=O)CCCN1CCCN(c2ccc(C(C)(C)C)cc2)CC1. The van der Waals surface area contributed by atoms with E-state index in [0.717, 1.165) is 39.1 Å². The third-order valence-electron chi connectivity index (χ3n) is 4.77. The highest BCUT2D eigenvalue weighted by atomic mass is 16.5. The summed E-state index contributed by atoms with van der Waals surface area (Å²) >= 11 is 0. The highest BCUT2D eigenvalue weighted by molar-refractivity contribution is 5.69. The molecular formula is C20H32N2O2. The van der Waals surface area contributed by atoms with Crippen LogP contribution in [0.25, 0.3) is 0 Å². The van der Waals surface area contributed by atoms with Crippen molar-refractivity contribution in [2.45, 2.75) is 45.4 Å². The third-order valence-corrected chi connectivity index (χ3v) is 4.77. The maximum absolute atomic E-state index is 11.2. The van der Waals surface area contributed by atoms with Gasteiger partial charge in [0.2, 0.25) is 0 Å². The number of rotatable bonds is 5. The predicted octanol–water partition coefficient (Wildman–Crippen LogP) is 3.45. The van der Waals surface area contributed by atoms with Crippen molar-refractivity contribution in [3.8, 4) is 0 Å². The van der Waals surface area contributed by atoms with Gasteiger partial charge in [0.05, 0.1) is 7.11 Å². The molecule has 0 N–H and O–H groups in total. The molecule has 1 aromatic carbocycles. The summed E-state index contributed by atoms with van der Waals surface area (Å²) in [5, 5.41) is 0. The number of nitrogens with zero attached hydrogens (tertiary/aromatic N) is 2. The topological polar surface area (TPSA) is 32.8 Å². The molecule has 2 rings (SSSR count). The summed E-state index contributed by atoms with van der Waals surface area (Å²) in [4.78, 5) is 16.2. The van der Waals surface area contributed by atoms with Gasteiger partial charge in [-0.1, -0.05) is 32.9 Å². The number of anilines is 1. The van der Waals surface area contributed by atoms with E-state index in [1.807, 2.05) is 0 Å². The third kappa shape index (κ3) is 5.52. The first-order valence-electron chi connectivity index (χ1n) is 9.05. The normalized spacial score (nSPS) is 16.8. The summed E-state index contributed by atoms with van der Waals surface area (Å²) in [5.41, 5.74) is 2.90. The van der Waals surface area contributed by atoms with Crippen LogP contribution >= 0.6 is 0 Å². The number of hydrogen-bond acceptors (Lipinski definition) is 4. The summed E-state index contributed by atoms with van der Waals surface area (Å²) in [5.74, 6) is -0.106. The Labute approximate surface area is 146 Å². The minimum Gasteiger partial charge on any atom is -0.469 e. The highest BCUT2D eigenvalue weighted by Crippen LogP contribution is 2.25. The fourth-order valence-corrected chi connectivity index (χ4v) is 3.17. The van der Waals surface area contributed by atoms with Gasteiger partial charge >= 0.3 is 5.97 Å². The Balaban J connectivity index is 1.85. The zero-order valence-electron chi connectivity index (χ0n) is 15.7. The summed E-state index contributed by atoms with van der Waals surface area (Å²) < 4.78 is 4.71. The first kappa shape index (κ1) is 18.8. The van der Waals surface area contributed by atoms with E-state index >= 15 is 0 Å². The van der Waals surface area contributed by atoms with E-state index in [4.69, 9.17) is 4.74 Å². The zero-order valence-corrected chi connectivity index (χ0v) is 15.7. The maximum Gasteiger partial charge on any atom is 0.305 e. The molecule has 24 heavy (non-hydrogen) atoms. The quantitative estimate of drug-likeness (QED) is 0.773. The van der Waals surface area contributed by atoms with Crippen molar-refractivity contribution in [1.82, 2.24) is 4.90 Å². The molecule has 134 valence electrons. The number of benzene rings is 1. The fraction of sp³-hybridized carbons (Fsp3) is 0.650. The van der Waals surface area contributed by atoms with Crippen LogP contribution < -0.4 is 4.90 Å². The molecule has 0 radical (unpaired) electrons. The average Bonchev–Trinajstić information content (AvgIpc) is 2.80. The second-order valence-corrected chi connectivity index (χ2v) is 7.66. The van der Waals surface area contributed by atoms with Crippen LogP contribution in [0.3, 0.4) is 0 Å². The van der Waals surface area contributed by atoms with Gasteiger partial charge in [-0.25, -0.2) is 0 Å². The predicted molar refractivity (Wildman–Crippen MR) is 99.7 cm³/mol. The van der Waals surface area contributed by atoms with Crippen molar-refractivity contribution in [2.75, 3.05) is 44.7 Å². The summed E-state index contributed by atoms with van der Waals surface area (Å²) in [7, 11) is 1.46. The molecule has 0 unspecified atom stereocenters. The monoisotopic (exact) mass is 332 g/mol. The van der Waals surface area contributed by atoms with Gasteiger partial charge in [-0.3, -0.25) is 4.79 Å². The van der Waals surface area contributed by atoms with Crippen LogP contribution in [0.15, 0.2) is 24.3 Å². The van der Waals surface area contributed by atoms with Crippen molar-refractivity contribution in [2.24, 2.45) is 0 Å². The summed E-state index contributed by atoms with van der Waals surface area (Å²) in [6.07, 6.45) is 2.57. The first-order chi connectivity index (χ1) is 11.4. The van der Waals surface area contributed by atoms with E-state index in [1.54, 1.807) is 0 Å². The molecular weight excluding hydrogens is 300 g/mol. The molecule has 1 aliphatic rings. The van der Waals surface area contributed by atoms with Gasteiger partial charge in [0.25, 0.3) is 0 Å². The maximum atomic E-state index is 11.2. The molecule has 1 saturated heterocycles. The standard InChI is InChI=1S/C20H32N2O2/c1-20(2,3)17-8-10-18(11-9-17)22-14-6-13-21(15-16-22)12-5-7-19(23)24-4/h8-11H,5-7,12-16H2,1-4H3. The molecule has 0 amide bonds. The van der Waals surface area contributed by atoms with Crippen LogP contribution in [0.2, 0.25) is 0 Å². The van der Waals surface area contributed by atoms with Crippen molar-refractivity contribution in [1.29, 1.82) is 0 Å². The van der Waals surface area contributed by atoms with E-state index in [-0.39, 0.29) is 11.4 Å². The number of esters is 1. The van der Waals surface area contributed by atoms with Crippen LogP contribution in [0.4, 0.5) is 5.69 Å². The molecule has 4 heteroatoms. The minimum atomic E-state index is -0.106. The van der Waals surface area contributed by atoms with Gasteiger partial charge in [-0.05, 0) is 49.0 Å². The smallest absolute Gasteiger partial charge is 0.305 e. The molecule has 0 aliphatic carbocycles. The summed E-state index contributed by atoms with van der Waals surface area (Å²) in [6.45, 7) is 12.0. The Kier molecular flexibility index (Phi) is 6.67. The van der Waals surface area contributed by atoms with Crippen LogP contribution in [0.1, 0.15) is 45.6 Å². The van der Waals surface area contributed by atoms with Crippen LogP contribution in [0.5, 0.6) is 0 Å². The van der Waals surface area contributed by atoms with Crippen molar-refractivity contribution in [3.05, 3.63) is 29.8 Å². The molecule has 0 atom stereocenters. The van der Waals surface area contributed by atoms with Crippen molar-refractivity contribution >= 4 is 11.7 Å². The number of hydrogen-bond donors (Lipinski definition) is 0.